The Balaban J connectivity index is 2.15. The maximum Gasteiger partial charge on any atom is 0.161 e. The average Bonchev–Trinajstić information content (AvgIpc) is 3.05. The van der Waals surface area contributed by atoms with Crippen LogP contribution in [-0.2, 0) is 6.42 Å². The highest BCUT2D eigenvalue weighted by molar-refractivity contribution is 5.87. The number of aryl methyl sites for hydroxylation is 1. The lowest BCUT2D eigenvalue weighted by Gasteiger charge is -2.25. The molecular weight excluding hydrogens is 312 g/mol. The predicted octanol–water partition coefficient (Wildman–Crippen LogP) is 4.40. The van der Waals surface area contributed by atoms with E-state index in [9.17, 15) is 0 Å². The van der Waals surface area contributed by atoms with Crippen molar-refractivity contribution in [2.24, 2.45) is 0 Å². The van der Waals surface area contributed by atoms with E-state index in [1.807, 2.05) is 6.07 Å². The summed E-state index contributed by atoms with van der Waals surface area (Å²) in [6.45, 7) is 2.19. The molecule has 0 bridgehead atoms. The topological polar surface area (TPSA) is 37.5 Å². The van der Waals surface area contributed by atoms with E-state index in [1.165, 1.54) is 27.6 Å². The Kier molecular flexibility index (Phi) is 5.00. The van der Waals surface area contributed by atoms with E-state index in [1.54, 1.807) is 14.2 Å². The van der Waals surface area contributed by atoms with Crippen LogP contribution >= 0.6 is 0 Å². The Labute approximate surface area is 149 Å². The number of para-hydroxylation sites is 1. The molecule has 1 aromatic heterocycles. The highest BCUT2D eigenvalue weighted by atomic mass is 16.5. The first-order chi connectivity index (χ1) is 12.1. The summed E-state index contributed by atoms with van der Waals surface area (Å²) in [5.41, 5.74) is 5.01. The van der Waals surface area contributed by atoms with E-state index in [0.717, 1.165) is 17.9 Å². The number of nitrogens with one attached hydrogen (secondary N) is 1. The molecule has 2 aromatic carbocycles. The summed E-state index contributed by atoms with van der Waals surface area (Å²) in [7, 11) is 7.53. The van der Waals surface area contributed by atoms with Crippen molar-refractivity contribution in [3.05, 3.63) is 59.3 Å². The van der Waals surface area contributed by atoms with Crippen molar-refractivity contribution >= 4 is 10.9 Å². The van der Waals surface area contributed by atoms with Crippen LogP contribution in [0.4, 0.5) is 0 Å². The molecule has 0 saturated heterocycles. The Morgan fingerprint density at radius 3 is 2.44 bits per heavy atom. The molecule has 3 rings (SSSR count). The minimum absolute atomic E-state index is 0.126. The van der Waals surface area contributed by atoms with Crippen molar-refractivity contribution < 1.29 is 9.47 Å². The van der Waals surface area contributed by atoms with Gasteiger partial charge in [0.05, 0.1) is 20.3 Å². The number of aromatic amines is 1. The molecule has 1 unspecified atom stereocenters. The summed E-state index contributed by atoms with van der Waals surface area (Å²) < 4.78 is 10.9. The molecule has 25 heavy (non-hydrogen) atoms. The van der Waals surface area contributed by atoms with Crippen LogP contribution in [0.15, 0.2) is 42.6 Å². The van der Waals surface area contributed by atoms with Crippen LogP contribution in [0.25, 0.3) is 10.9 Å². The SMILES string of the molecule is CCc1cccc2c(C(c3ccc(OC)c(OC)c3)N(C)C)c[nH]c12. The molecule has 1 N–H and O–H groups in total. The van der Waals surface area contributed by atoms with Crippen molar-refractivity contribution in [2.75, 3.05) is 28.3 Å². The minimum atomic E-state index is 0.126. The molecule has 132 valence electrons. The summed E-state index contributed by atoms with van der Waals surface area (Å²) >= 11 is 0. The van der Waals surface area contributed by atoms with Gasteiger partial charge < -0.3 is 14.5 Å². The Morgan fingerprint density at radius 1 is 1.04 bits per heavy atom. The number of H-pyrrole nitrogens is 1. The van der Waals surface area contributed by atoms with Gasteiger partial charge in [-0.2, -0.15) is 0 Å². The lowest BCUT2D eigenvalue weighted by Crippen LogP contribution is -2.21. The second-order valence-electron chi connectivity index (χ2n) is 6.42. The third kappa shape index (κ3) is 3.10. The van der Waals surface area contributed by atoms with Crippen LogP contribution in [0.2, 0.25) is 0 Å². The van der Waals surface area contributed by atoms with Crippen LogP contribution < -0.4 is 9.47 Å². The zero-order valence-corrected chi connectivity index (χ0v) is 15.6. The quantitative estimate of drug-likeness (QED) is 0.724. The van der Waals surface area contributed by atoms with Gasteiger partial charge in [-0.05, 0) is 49.3 Å². The zero-order chi connectivity index (χ0) is 18.0. The molecule has 4 nitrogen and oxygen atoms in total. The molecule has 0 saturated carbocycles. The highest BCUT2D eigenvalue weighted by Gasteiger charge is 2.22. The molecule has 1 atom stereocenters. The zero-order valence-electron chi connectivity index (χ0n) is 15.6. The van der Waals surface area contributed by atoms with Crippen LogP contribution in [0.5, 0.6) is 11.5 Å². The smallest absolute Gasteiger partial charge is 0.161 e. The summed E-state index contributed by atoms with van der Waals surface area (Å²) in [4.78, 5) is 5.71. The molecule has 0 radical (unpaired) electrons. The average molecular weight is 338 g/mol. The van der Waals surface area contributed by atoms with Crippen LogP contribution in [0.3, 0.4) is 0 Å². The first kappa shape index (κ1) is 17.4. The van der Waals surface area contributed by atoms with Crippen molar-refractivity contribution in [1.29, 1.82) is 0 Å². The standard InChI is InChI=1S/C21H26N2O2/c1-6-14-8-7-9-16-17(13-22-20(14)16)21(23(2)3)15-10-11-18(24-4)19(12-15)25-5/h7-13,21-22H,6H2,1-5H3. The normalized spacial score (nSPS) is 12.6. The monoisotopic (exact) mass is 338 g/mol. The largest absolute Gasteiger partial charge is 0.493 e. The van der Waals surface area contributed by atoms with Gasteiger partial charge in [0.25, 0.3) is 0 Å². The first-order valence-electron chi connectivity index (χ1n) is 8.57. The van der Waals surface area contributed by atoms with Crippen molar-refractivity contribution in [1.82, 2.24) is 9.88 Å². The molecule has 0 amide bonds. The van der Waals surface area contributed by atoms with Crippen LogP contribution in [-0.4, -0.2) is 38.2 Å². The fraction of sp³-hybridized carbons (Fsp3) is 0.333. The third-order valence-corrected chi connectivity index (χ3v) is 4.75. The number of benzene rings is 2. The van der Waals surface area contributed by atoms with Gasteiger partial charge in [-0.3, -0.25) is 4.90 Å². The fourth-order valence-electron chi connectivity index (χ4n) is 3.54. The number of nitrogens with zero attached hydrogens (tertiary/aromatic N) is 1. The van der Waals surface area contributed by atoms with E-state index in [-0.39, 0.29) is 6.04 Å². The molecule has 0 spiro atoms. The predicted molar refractivity (Wildman–Crippen MR) is 103 cm³/mol. The fourth-order valence-corrected chi connectivity index (χ4v) is 3.54. The van der Waals surface area contributed by atoms with Gasteiger partial charge >= 0.3 is 0 Å². The molecule has 4 heteroatoms. The third-order valence-electron chi connectivity index (χ3n) is 4.75. The summed E-state index contributed by atoms with van der Waals surface area (Å²) in [6.07, 6.45) is 3.14. The second kappa shape index (κ2) is 7.19. The van der Waals surface area contributed by atoms with E-state index >= 15 is 0 Å². The number of fused-ring (bicyclic) bond motifs is 1. The van der Waals surface area contributed by atoms with Gasteiger partial charge in [-0.1, -0.05) is 31.2 Å². The summed E-state index contributed by atoms with van der Waals surface area (Å²) in [6, 6.07) is 12.8. The van der Waals surface area contributed by atoms with E-state index in [2.05, 4.69) is 67.4 Å². The Bertz CT molecular complexity index is 867. The molecule has 0 aliphatic rings. The maximum atomic E-state index is 5.50. The lowest BCUT2D eigenvalue weighted by molar-refractivity contribution is 0.336. The summed E-state index contributed by atoms with van der Waals surface area (Å²) in [5.74, 6) is 1.50. The van der Waals surface area contributed by atoms with Gasteiger partial charge in [-0.25, -0.2) is 0 Å². The minimum Gasteiger partial charge on any atom is -0.493 e. The molecule has 3 aromatic rings. The maximum absolute atomic E-state index is 5.50. The number of aromatic nitrogens is 1. The Hall–Kier alpha value is -2.46. The molecular formula is C21H26N2O2. The van der Waals surface area contributed by atoms with Crippen molar-refractivity contribution in [3.8, 4) is 11.5 Å². The molecule has 0 aliphatic carbocycles. The number of ether oxygens (including phenoxy) is 2. The molecule has 0 fully saturated rings. The number of hydrogen-bond acceptors (Lipinski definition) is 3. The van der Waals surface area contributed by atoms with Gasteiger partial charge in [-0.15, -0.1) is 0 Å². The highest BCUT2D eigenvalue weighted by Crippen LogP contribution is 2.37. The van der Waals surface area contributed by atoms with Crippen molar-refractivity contribution in [2.45, 2.75) is 19.4 Å². The number of rotatable bonds is 6. The van der Waals surface area contributed by atoms with Crippen molar-refractivity contribution in [3.63, 3.8) is 0 Å². The summed E-state index contributed by atoms with van der Waals surface area (Å²) in [5, 5.41) is 1.27. The first-order valence-corrected chi connectivity index (χ1v) is 8.57. The molecule has 0 aliphatic heterocycles. The van der Waals surface area contributed by atoms with Crippen LogP contribution in [0.1, 0.15) is 29.7 Å². The number of methoxy groups -OCH3 is 2. The van der Waals surface area contributed by atoms with Gasteiger partial charge in [0, 0.05) is 17.1 Å². The Morgan fingerprint density at radius 2 is 1.80 bits per heavy atom. The lowest BCUT2D eigenvalue weighted by atomic mass is 9.96. The van der Waals surface area contributed by atoms with Crippen LogP contribution in [0, 0.1) is 0 Å². The second-order valence-corrected chi connectivity index (χ2v) is 6.42. The van der Waals surface area contributed by atoms with Gasteiger partial charge in [0.1, 0.15) is 0 Å². The van der Waals surface area contributed by atoms with E-state index in [4.69, 9.17) is 9.47 Å². The van der Waals surface area contributed by atoms with E-state index in [0.29, 0.717) is 0 Å². The van der Waals surface area contributed by atoms with E-state index < -0.39 is 0 Å². The van der Waals surface area contributed by atoms with Gasteiger partial charge in [0.2, 0.25) is 0 Å². The van der Waals surface area contributed by atoms with Gasteiger partial charge in [0.15, 0.2) is 11.5 Å². The molecule has 1 heterocycles. The number of hydrogen-bond donors (Lipinski definition) is 1.